The van der Waals surface area contributed by atoms with E-state index in [1.165, 1.54) is 0 Å². The molecule has 106 valence electrons. The summed E-state index contributed by atoms with van der Waals surface area (Å²) in [6, 6.07) is 0. The molecule has 0 unspecified atom stereocenters. The van der Waals surface area contributed by atoms with E-state index in [2.05, 4.69) is 4.98 Å². The van der Waals surface area contributed by atoms with Crippen LogP contribution >= 0.6 is 0 Å². The van der Waals surface area contributed by atoms with Crippen molar-refractivity contribution in [3.05, 3.63) is 22.6 Å². The molecule has 19 heavy (non-hydrogen) atoms. The summed E-state index contributed by atoms with van der Waals surface area (Å²) >= 11 is 0. The molecule has 2 heterocycles. The molecule has 0 spiro atoms. The number of rotatable bonds is 3. The molecular weight excluding hydrogens is 262 g/mol. The van der Waals surface area contributed by atoms with Crippen molar-refractivity contribution in [3.63, 3.8) is 0 Å². The van der Waals surface area contributed by atoms with Gasteiger partial charge in [-0.05, 0) is 9.91 Å². The van der Waals surface area contributed by atoms with Crippen LogP contribution in [0, 0.1) is 10.1 Å². The summed E-state index contributed by atoms with van der Waals surface area (Å²) in [4.78, 5) is 13.3. The Labute approximate surface area is 106 Å². The first-order chi connectivity index (χ1) is 8.95. The van der Waals surface area contributed by atoms with Gasteiger partial charge in [0, 0.05) is 0 Å². The van der Waals surface area contributed by atoms with Crippen molar-refractivity contribution in [2.75, 3.05) is 6.61 Å². The second kappa shape index (κ2) is 5.19. The molecule has 0 bridgehead atoms. The van der Waals surface area contributed by atoms with Crippen LogP contribution in [0.25, 0.3) is 0 Å². The normalized spacial score (nSPS) is 35.3. The first-order valence-electron chi connectivity index (χ1n) is 5.44. The average molecular weight is 275 g/mol. The highest BCUT2D eigenvalue weighted by Crippen LogP contribution is 2.28. The number of aromatic nitrogens is 2. The van der Waals surface area contributed by atoms with E-state index in [1.54, 1.807) is 0 Å². The van der Waals surface area contributed by atoms with Gasteiger partial charge in [-0.25, -0.2) is 0 Å². The maximum Gasteiger partial charge on any atom is 0.381 e. The van der Waals surface area contributed by atoms with Gasteiger partial charge in [0.05, 0.1) is 6.61 Å². The number of imidazole rings is 1. The fourth-order valence-electron chi connectivity index (χ4n) is 1.89. The molecule has 1 aromatic heterocycles. The Morgan fingerprint density at radius 1 is 1.37 bits per heavy atom. The summed E-state index contributed by atoms with van der Waals surface area (Å²) < 4.78 is 6.30. The van der Waals surface area contributed by atoms with Gasteiger partial charge in [0.25, 0.3) is 0 Å². The quantitative estimate of drug-likeness (QED) is 0.357. The van der Waals surface area contributed by atoms with Crippen molar-refractivity contribution >= 4 is 5.82 Å². The number of aliphatic hydroxyl groups is 4. The summed E-state index contributed by atoms with van der Waals surface area (Å²) in [7, 11) is 0. The van der Waals surface area contributed by atoms with E-state index in [9.17, 15) is 25.4 Å². The first-order valence-corrected chi connectivity index (χ1v) is 5.44. The standard InChI is InChI=1S/C9H13N3O7/c13-2-4-6(14)7(15)8(16)9(19-4)11-1-5(10-3-11)12(17)18/h1,3-4,6-9,13-16H,2H2/t4-,6+,7+,8-,9-/m1/s1. The molecule has 1 aliphatic heterocycles. The summed E-state index contributed by atoms with van der Waals surface area (Å²) in [6.45, 7) is -0.571. The van der Waals surface area contributed by atoms with Gasteiger partial charge < -0.3 is 35.3 Å². The van der Waals surface area contributed by atoms with Crippen LogP contribution in [-0.2, 0) is 4.74 Å². The molecule has 1 saturated heterocycles. The molecule has 0 saturated carbocycles. The lowest BCUT2D eigenvalue weighted by Gasteiger charge is -2.39. The van der Waals surface area contributed by atoms with E-state index < -0.39 is 48.0 Å². The zero-order chi connectivity index (χ0) is 14.2. The molecule has 0 aromatic carbocycles. The Morgan fingerprint density at radius 3 is 2.58 bits per heavy atom. The Kier molecular flexibility index (Phi) is 3.78. The zero-order valence-corrected chi connectivity index (χ0v) is 9.60. The molecule has 1 fully saturated rings. The van der Waals surface area contributed by atoms with Gasteiger partial charge in [0.2, 0.25) is 6.33 Å². The van der Waals surface area contributed by atoms with Gasteiger partial charge >= 0.3 is 5.82 Å². The highest BCUT2D eigenvalue weighted by Gasteiger charge is 2.44. The van der Waals surface area contributed by atoms with E-state index in [0.29, 0.717) is 0 Å². The maximum absolute atomic E-state index is 10.5. The van der Waals surface area contributed by atoms with Crippen LogP contribution in [0.1, 0.15) is 6.23 Å². The van der Waals surface area contributed by atoms with E-state index in [4.69, 9.17) is 9.84 Å². The molecule has 4 N–H and O–H groups in total. The van der Waals surface area contributed by atoms with Crippen LogP contribution in [0.4, 0.5) is 5.82 Å². The minimum absolute atomic E-state index is 0.447. The lowest BCUT2D eigenvalue weighted by atomic mass is 9.98. The maximum atomic E-state index is 10.5. The number of ether oxygens (including phenoxy) is 1. The molecule has 10 nitrogen and oxygen atoms in total. The first kappa shape index (κ1) is 13.8. The lowest BCUT2D eigenvalue weighted by molar-refractivity contribution is -0.389. The molecule has 10 heteroatoms. The van der Waals surface area contributed by atoms with Crippen LogP contribution < -0.4 is 0 Å². The van der Waals surface area contributed by atoms with Crippen molar-refractivity contribution in [3.8, 4) is 0 Å². The van der Waals surface area contributed by atoms with Gasteiger partial charge in [-0.3, -0.25) is 4.57 Å². The highest BCUT2D eigenvalue weighted by atomic mass is 16.6. The summed E-state index contributed by atoms with van der Waals surface area (Å²) in [5.74, 6) is -0.447. The van der Waals surface area contributed by atoms with E-state index >= 15 is 0 Å². The number of nitro groups is 1. The molecule has 2 rings (SSSR count). The molecule has 0 radical (unpaired) electrons. The van der Waals surface area contributed by atoms with Gasteiger partial charge in [-0.1, -0.05) is 0 Å². The summed E-state index contributed by atoms with van der Waals surface area (Å²) in [6.07, 6.45) is -4.71. The smallest absolute Gasteiger partial charge is 0.381 e. The van der Waals surface area contributed by atoms with Crippen molar-refractivity contribution in [1.82, 2.24) is 9.55 Å². The van der Waals surface area contributed by atoms with Crippen LogP contribution in [0.3, 0.4) is 0 Å². The topological polar surface area (TPSA) is 151 Å². The number of hydrogen-bond acceptors (Lipinski definition) is 8. The molecule has 1 aliphatic rings. The van der Waals surface area contributed by atoms with E-state index in [-0.39, 0.29) is 0 Å². The molecule has 0 aliphatic carbocycles. The Bertz CT molecular complexity index is 462. The van der Waals surface area contributed by atoms with Crippen molar-refractivity contribution in [2.45, 2.75) is 30.6 Å². The predicted molar refractivity (Wildman–Crippen MR) is 57.9 cm³/mol. The predicted octanol–water partition coefficient (Wildman–Crippen LogP) is -2.24. The van der Waals surface area contributed by atoms with Crippen molar-refractivity contribution in [1.29, 1.82) is 0 Å². The van der Waals surface area contributed by atoms with Crippen LogP contribution in [0.2, 0.25) is 0 Å². The molecule has 0 amide bonds. The van der Waals surface area contributed by atoms with Crippen LogP contribution in [0.15, 0.2) is 12.5 Å². The van der Waals surface area contributed by atoms with E-state index in [0.717, 1.165) is 17.1 Å². The fraction of sp³-hybridized carbons (Fsp3) is 0.667. The van der Waals surface area contributed by atoms with Crippen molar-refractivity contribution in [2.24, 2.45) is 0 Å². The third-order valence-corrected chi connectivity index (χ3v) is 2.94. The third-order valence-electron chi connectivity index (χ3n) is 2.94. The van der Waals surface area contributed by atoms with Gasteiger partial charge in [-0.2, -0.15) is 0 Å². The number of nitrogens with zero attached hydrogens (tertiary/aromatic N) is 3. The second-order valence-electron chi connectivity index (χ2n) is 4.16. The zero-order valence-electron chi connectivity index (χ0n) is 9.60. The summed E-state index contributed by atoms with van der Waals surface area (Å²) in [5, 5.41) is 48.5. The minimum Gasteiger partial charge on any atom is -0.394 e. The van der Waals surface area contributed by atoms with Crippen LogP contribution in [0.5, 0.6) is 0 Å². The van der Waals surface area contributed by atoms with Crippen molar-refractivity contribution < 1.29 is 30.1 Å². The van der Waals surface area contributed by atoms with Crippen LogP contribution in [-0.4, -0.2) is 65.9 Å². The molecular formula is C9H13N3O7. The SMILES string of the molecule is O=[N+]([O-])c1cn([C@@H]2O[C@H](CO)[C@H](O)[C@H](O)[C@H]2O)cn1. The second-order valence-corrected chi connectivity index (χ2v) is 4.16. The Morgan fingerprint density at radius 2 is 2.05 bits per heavy atom. The van der Waals surface area contributed by atoms with Gasteiger partial charge in [0.15, 0.2) is 6.23 Å². The lowest BCUT2D eigenvalue weighted by Crippen LogP contribution is -2.56. The minimum atomic E-state index is -1.54. The van der Waals surface area contributed by atoms with Gasteiger partial charge in [0.1, 0.15) is 30.6 Å². The van der Waals surface area contributed by atoms with E-state index in [1.807, 2.05) is 0 Å². The average Bonchev–Trinajstić information content (AvgIpc) is 2.86. The largest absolute Gasteiger partial charge is 0.394 e. The Balaban J connectivity index is 2.24. The fourth-order valence-corrected chi connectivity index (χ4v) is 1.89. The summed E-state index contributed by atoms with van der Waals surface area (Å²) in [5.41, 5.74) is 0. The number of hydrogen-bond donors (Lipinski definition) is 4. The molecule has 5 atom stereocenters. The highest BCUT2D eigenvalue weighted by molar-refractivity contribution is 5.13. The number of aliphatic hydroxyl groups excluding tert-OH is 4. The molecule has 1 aromatic rings. The third kappa shape index (κ3) is 2.43. The monoisotopic (exact) mass is 275 g/mol. The Hall–Kier alpha value is -1.59. The van der Waals surface area contributed by atoms with Gasteiger partial charge in [-0.15, -0.1) is 0 Å².